The molecule has 0 bridgehead atoms. The number of nitrogens with zero attached hydrogens (tertiary/aromatic N) is 1. The number of hydrogen-bond donors (Lipinski definition) is 0. The van der Waals surface area contributed by atoms with E-state index in [1.54, 1.807) is 12.3 Å². The lowest BCUT2D eigenvalue weighted by molar-refractivity contribution is -0.0539. The van der Waals surface area contributed by atoms with Gasteiger partial charge in [0.05, 0.1) is 23.8 Å². The normalized spacial score (nSPS) is 14.6. The quantitative estimate of drug-likeness (QED) is 0.320. The zero-order valence-electron chi connectivity index (χ0n) is 19.3. The van der Waals surface area contributed by atoms with Crippen LogP contribution >= 0.6 is 0 Å². The topological polar surface area (TPSA) is 31.4 Å². The molecule has 0 N–H and O–H groups in total. The Morgan fingerprint density at radius 2 is 1.85 bits per heavy atom. The first-order valence-corrected chi connectivity index (χ1v) is 11.3. The van der Waals surface area contributed by atoms with Crippen molar-refractivity contribution in [1.82, 2.24) is 4.98 Å². The van der Waals surface area contributed by atoms with Crippen LogP contribution in [0.15, 0.2) is 54.7 Å². The monoisotopic (exact) mass is 447 g/mol. The van der Waals surface area contributed by atoms with E-state index in [1.165, 1.54) is 0 Å². The molecule has 1 atom stereocenters. The van der Waals surface area contributed by atoms with E-state index in [0.29, 0.717) is 12.2 Å². The van der Waals surface area contributed by atoms with E-state index < -0.39 is 18.1 Å². The molecule has 3 aromatic carbocycles. The summed E-state index contributed by atoms with van der Waals surface area (Å²) < 4.78 is 41.1. The molecule has 1 aromatic heterocycles. The van der Waals surface area contributed by atoms with Crippen LogP contribution in [0.5, 0.6) is 5.75 Å². The van der Waals surface area contributed by atoms with Gasteiger partial charge in [-0.25, -0.2) is 8.78 Å². The number of pyridine rings is 1. The molecular formula is C28H27F2NO2. The average molecular weight is 448 g/mol. The fourth-order valence-electron chi connectivity index (χ4n) is 4.99. The molecule has 0 saturated heterocycles. The number of hydrogen-bond acceptors (Lipinski definition) is 3. The Kier molecular flexibility index (Phi) is 5.32. The summed E-state index contributed by atoms with van der Waals surface area (Å²) in [6, 6.07) is 15.2. The lowest BCUT2D eigenvalue weighted by atomic mass is 9.85. The first kappa shape index (κ1) is 21.8. The Hall–Kier alpha value is -3.05. The molecule has 0 unspecified atom stereocenters. The lowest BCUT2D eigenvalue weighted by Gasteiger charge is -2.29. The van der Waals surface area contributed by atoms with Crippen LogP contribution < -0.4 is 4.74 Å². The molecule has 0 radical (unpaired) electrons. The van der Waals surface area contributed by atoms with Crippen molar-refractivity contribution >= 4 is 21.7 Å². The first-order valence-electron chi connectivity index (χ1n) is 11.3. The third-order valence-corrected chi connectivity index (χ3v) is 6.13. The predicted octanol–water partition coefficient (Wildman–Crippen LogP) is 7.80. The molecule has 0 fully saturated rings. The smallest absolute Gasteiger partial charge is 0.264 e. The summed E-state index contributed by atoms with van der Waals surface area (Å²) >= 11 is 0. The minimum absolute atomic E-state index is 0.00262. The van der Waals surface area contributed by atoms with E-state index in [9.17, 15) is 8.78 Å². The molecule has 0 aliphatic carbocycles. The van der Waals surface area contributed by atoms with Gasteiger partial charge < -0.3 is 9.47 Å². The molecule has 1 aliphatic heterocycles. The first-order chi connectivity index (χ1) is 15.7. The van der Waals surface area contributed by atoms with Crippen LogP contribution in [0.4, 0.5) is 8.78 Å². The van der Waals surface area contributed by atoms with Crippen molar-refractivity contribution in [2.45, 2.75) is 52.2 Å². The number of rotatable bonds is 4. The lowest BCUT2D eigenvalue weighted by Crippen LogP contribution is -2.22. The number of aromatic nitrogens is 1. The van der Waals surface area contributed by atoms with Crippen LogP contribution in [0, 0.1) is 0 Å². The standard InChI is InChI=1S/C28H27F2NO2/c1-16(33-28(2,3)4)23-21(27(29)30)15-18-7-5-6-8-19(18)25(23)20-9-10-22-24-17(12-14-32-22)11-13-31-26(20)24/h5-11,13,15-16,27H,12,14H2,1-4H3/t16-/m1/s1. The van der Waals surface area contributed by atoms with E-state index in [0.717, 1.165) is 50.5 Å². The Labute approximate surface area is 192 Å². The summed E-state index contributed by atoms with van der Waals surface area (Å²) in [5.41, 5.74) is 3.52. The van der Waals surface area contributed by atoms with Crippen molar-refractivity contribution < 1.29 is 18.3 Å². The molecule has 5 heteroatoms. The molecule has 33 heavy (non-hydrogen) atoms. The van der Waals surface area contributed by atoms with Gasteiger partial charge in [0.1, 0.15) is 5.75 Å². The molecular weight excluding hydrogens is 420 g/mol. The van der Waals surface area contributed by atoms with Gasteiger partial charge in [-0.2, -0.15) is 0 Å². The summed E-state index contributed by atoms with van der Waals surface area (Å²) in [6.45, 7) is 8.29. The second-order valence-electron chi connectivity index (χ2n) is 9.55. The third-order valence-electron chi connectivity index (χ3n) is 6.13. The maximum atomic E-state index is 14.5. The summed E-state index contributed by atoms with van der Waals surface area (Å²) in [5, 5.41) is 2.63. The van der Waals surface area contributed by atoms with Crippen molar-refractivity contribution in [3.63, 3.8) is 0 Å². The number of benzene rings is 3. The van der Waals surface area contributed by atoms with Crippen LogP contribution in [0.1, 0.15) is 56.9 Å². The van der Waals surface area contributed by atoms with Crippen molar-refractivity contribution in [2.24, 2.45) is 0 Å². The largest absolute Gasteiger partial charge is 0.493 e. The molecule has 0 saturated carbocycles. The van der Waals surface area contributed by atoms with Crippen LogP contribution in [0.3, 0.4) is 0 Å². The van der Waals surface area contributed by atoms with Gasteiger partial charge in [0.25, 0.3) is 6.43 Å². The minimum Gasteiger partial charge on any atom is -0.493 e. The second-order valence-corrected chi connectivity index (χ2v) is 9.55. The Bertz CT molecular complexity index is 1350. The van der Waals surface area contributed by atoms with Gasteiger partial charge in [0.15, 0.2) is 0 Å². The summed E-state index contributed by atoms with van der Waals surface area (Å²) in [5.74, 6) is 0.790. The number of ether oxygens (including phenoxy) is 2. The zero-order chi connectivity index (χ0) is 23.3. The zero-order valence-corrected chi connectivity index (χ0v) is 19.3. The number of fused-ring (bicyclic) bond motifs is 1. The van der Waals surface area contributed by atoms with Crippen LogP contribution in [0.25, 0.3) is 32.8 Å². The summed E-state index contributed by atoms with van der Waals surface area (Å²) in [7, 11) is 0. The molecule has 5 rings (SSSR count). The van der Waals surface area contributed by atoms with Crippen molar-refractivity contribution in [3.05, 3.63) is 71.4 Å². The summed E-state index contributed by atoms with van der Waals surface area (Å²) in [6.07, 6.45) is -0.588. The van der Waals surface area contributed by atoms with E-state index in [-0.39, 0.29) is 5.56 Å². The van der Waals surface area contributed by atoms with Crippen LogP contribution in [0.2, 0.25) is 0 Å². The average Bonchev–Trinajstić information content (AvgIpc) is 2.77. The van der Waals surface area contributed by atoms with Gasteiger partial charge in [-0.15, -0.1) is 0 Å². The Balaban J connectivity index is 1.91. The van der Waals surface area contributed by atoms with Gasteiger partial charge in [0, 0.05) is 29.1 Å². The number of halogens is 2. The highest BCUT2D eigenvalue weighted by molar-refractivity contribution is 6.08. The van der Waals surface area contributed by atoms with Gasteiger partial charge in [-0.3, -0.25) is 4.98 Å². The maximum absolute atomic E-state index is 14.5. The molecule has 170 valence electrons. The Morgan fingerprint density at radius 3 is 2.61 bits per heavy atom. The molecule has 1 aliphatic rings. The van der Waals surface area contributed by atoms with Crippen molar-refractivity contribution in [1.29, 1.82) is 0 Å². The van der Waals surface area contributed by atoms with Gasteiger partial charge in [0.2, 0.25) is 0 Å². The Morgan fingerprint density at radius 1 is 1.06 bits per heavy atom. The fraction of sp³-hybridized carbons (Fsp3) is 0.321. The summed E-state index contributed by atoms with van der Waals surface area (Å²) in [4.78, 5) is 4.71. The minimum atomic E-state index is -2.63. The highest BCUT2D eigenvalue weighted by Crippen LogP contribution is 2.46. The van der Waals surface area contributed by atoms with Gasteiger partial charge in [-0.1, -0.05) is 24.3 Å². The predicted molar refractivity (Wildman–Crippen MR) is 128 cm³/mol. The van der Waals surface area contributed by atoms with E-state index >= 15 is 0 Å². The molecule has 4 aromatic rings. The van der Waals surface area contributed by atoms with Crippen molar-refractivity contribution in [2.75, 3.05) is 6.61 Å². The van der Waals surface area contributed by atoms with Crippen molar-refractivity contribution in [3.8, 4) is 16.9 Å². The van der Waals surface area contributed by atoms with Crippen LogP contribution in [-0.4, -0.2) is 17.2 Å². The fourth-order valence-corrected chi connectivity index (χ4v) is 4.99. The molecule has 0 spiro atoms. The third kappa shape index (κ3) is 3.84. The SMILES string of the molecule is C[C@@H](OC(C)(C)C)c1c(C(F)F)cc2ccccc2c1-c1ccc2c3c(ccnc13)CCO2. The molecule has 3 nitrogen and oxygen atoms in total. The highest BCUT2D eigenvalue weighted by Gasteiger charge is 2.29. The van der Waals surface area contributed by atoms with Gasteiger partial charge >= 0.3 is 0 Å². The second kappa shape index (κ2) is 8.07. The molecule has 2 heterocycles. The van der Waals surface area contributed by atoms with E-state index in [1.807, 2.05) is 70.2 Å². The van der Waals surface area contributed by atoms with Crippen LogP contribution in [-0.2, 0) is 11.2 Å². The molecule has 0 amide bonds. The number of alkyl halides is 2. The van der Waals surface area contributed by atoms with E-state index in [4.69, 9.17) is 14.5 Å². The highest BCUT2D eigenvalue weighted by atomic mass is 19.3. The van der Waals surface area contributed by atoms with Gasteiger partial charge in [-0.05, 0) is 79.4 Å². The van der Waals surface area contributed by atoms with E-state index in [2.05, 4.69) is 0 Å². The maximum Gasteiger partial charge on any atom is 0.264 e.